The molecular weight excluding hydrogens is 323 g/mol. The Morgan fingerprint density at radius 3 is 2.61 bits per heavy atom. The zero-order chi connectivity index (χ0) is 14.1. The van der Waals surface area contributed by atoms with Crippen LogP contribution in [0.5, 0.6) is 0 Å². The fourth-order valence-corrected chi connectivity index (χ4v) is 3.36. The van der Waals surface area contributed by atoms with Gasteiger partial charge in [-0.25, -0.2) is 12.8 Å². The maximum atomic E-state index is 13.8. The lowest BCUT2D eigenvalue weighted by Gasteiger charge is -2.18. The minimum atomic E-state index is -3.92. The number of likely N-dealkylation sites (N-methyl/N-ethyl adjacent to an activating group) is 1. The summed E-state index contributed by atoms with van der Waals surface area (Å²) in [6.45, 7) is 5.44. The highest BCUT2D eigenvalue weighted by atomic mass is 79.9. The van der Waals surface area contributed by atoms with E-state index in [9.17, 15) is 12.8 Å². The predicted molar refractivity (Wildman–Crippen MR) is 73.1 cm³/mol. The molecule has 100 valence electrons. The van der Waals surface area contributed by atoms with Crippen LogP contribution in [-0.2, 0) is 10.0 Å². The molecule has 0 atom stereocenters. The van der Waals surface area contributed by atoms with Crippen LogP contribution in [0.15, 0.2) is 33.7 Å². The van der Waals surface area contributed by atoms with Gasteiger partial charge in [0.2, 0.25) is 10.0 Å². The van der Waals surface area contributed by atoms with E-state index in [-0.39, 0.29) is 16.7 Å². The summed E-state index contributed by atoms with van der Waals surface area (Å²) in [6.07, 6.45) is 0. The number of rotatable bonds is 4. The summed E-state index contributed by atoms with van der Waals surface area (Å²) in [7, 11) is -2.56. The number of halogens is 2. The Kier molecular flexibility index (Phi) is 4.52. The van der Waals surface area contributed by atoms with Crippen molar-refractivity contribution in [1.29, 1.82) is 0 Å². The summed E-state index contributed by atoms with van der Waals surface area (Å²) in [6, 6.07) is 2.41. The third kappa shape index (κ3) is 3.09. The van der Waals surface area contributed by atoms with E-state index in [0.717, 1.165) is 10.4 Å². The van der Waals surface area contributed by atoms with Crippen molar-refractivity contribution >= 4 is 31.6 Å². The zero-order valence-electron chi connectivity index (χ0n) is 10.1. The van der Waals surface area contributed by atoms with Gasteiger partial charge in [-0.3, -0.25) is 0 Å². The second-order valence-electron chi connectivity index (χ2n) is 4.03. The lowest BCUT2D eigenvalue weighted by molar-refractivity contribution is 0.483. The van der Waals surface area contributed by atoms with Gasteiger partial charge in [-0.1, -0.05) is 12.2 Å². The predicted octanol–water partition coefficient (Wildman–Crippen LogP) is 2.37. The quantitative estimate of drug-likeness (QED) is 0.678. The SMILES string of the molecule is C=C(C)CN(C)S(=O)(=O)c1cc(N)cc(Br)c1F. The first kappa shape index (κ1) is 15.1. The number of hydrogen-bond donors (Lipinski definition) is 1. The molecule has 0 spiro atoms. The van der Waals surface area contributed by atoms with Gasteiger partial charge in [0.15, 0.2) is 5.82 Å². The van der Waals surface area contributed by atoms with Crippen LogP contribution in [0.3, 0.4) is 0 Å². The molecule has 0 radical (unpaired) electrons. The Balaban J connectivity index is 3.33. The van der Waals surface area contributed by atoms with Gasteiger partial charge in [0.1, 0.15) is 4.90 Å². The van der Waals surface area contributed by atoms with Gasteiger partial charge < -0.3 is 5.73 Å². The molecule has 7 heteroatoms. The van der Waals surface area contributed by atoms with Crippen LogP contribution in [-0.4, -0.2) is 26.3 Å². The molecule has 0 aromatic heterocycles. The van der Waals surface area contributed by atoms with Crippen molar-refractivity contribution in [2.24, 2.45) is 0 Å². The van der Waals surface area contributed by atoms with Crippen molar-refractivity contribution in [1.82, 2.24) is 4.31 Å². The number of anilines is 1. The summed E-state index contributed by atoms with van der Waals surface area (Å²) < 4.78 is 39.2. The third-order valence-electron chi connectivity index (χ3n) is 2.20. The van der Waals surface area contributed by atoms with Gasteiger partial charge in [-0.05, 0) is 35.0 Å². The zero-order valence-corrected chi connectivity index (χ0v) is 12.5. The number of nitrogens with two attached hydrogens (primary N) is 1. The fraction of sp³-hybridized carbons (Fsp3) is 0.273. The third-order valence-corrected chi connectivity index (χ3v) is 4.58. The van der Waals surface area contributed by atoms with Crippen molar-refractivity contribution in [3.8, 4) is 0 Å². The highest BCUT2D eigenvalue weighted by molar-refractivity contribution is 9.10. The summed E-state index contributed by atoms with van der Waals surface area (Å²) in [5.41, 5.74) is 6.36. The molecule has 4 nitrogen and oxygen atoms in total. The number of nitrogen functional groups attached to an aromatic ring is 1. The molecule has 0 aliphatic heterocycles. The summed E-state index contributed by atoms with van der Waals surface area (Å²) in [5.74, 6) is -0.849. The molecule has 0 unspecified atom stereocenters. The van der Waals surface area contributed by atoms with Gasteiger partial charge in [-0.2, -0.15) is 4.31 Å². The summed E-state index contributed by atoms with van der Waals surface area (Å²) in [5, 5.41) is 0. The lowest BCUT2D eigenvalue weighted by Crippen LogP contribution is -2.29. The molecule has 0 bridgehead atoms. The number of nitrogens with zero attached hydrogens (tertiary/aromatic N) is 1. The van der Waals surface area contributed by atoms with Crippen molar-refractivity contribution in [2.75, 3.05) is 19.3 Å². The average Bonchev–Trinajstić information content (AvgIpc) is 2.22. The maximum absolute atomic E-state index is 13.8. The van der Waals surface area contributed by atoms with Crippen molar-refractivity contribution in [3.63, 3.8) is 0 Å². The van der Waals surface area contributed by atoms with Crippen LogP contribution < -0.4 is 5.73 Å². The number of hydrogen-bond acceptors (Lipinski definition) is 3. The molecule has 2 N–H and O–H groups in total. The van der Waals surface area contributed by atoms with Gasteiger partial charge in [0.05, 0.1) is 4.47 Å². The van der Waals surface area contributed by atoms with E-state index in [1.807, 2.05) is 0 Å². The van der Waals surface area contributed by atoms with E-state index in [1.54, 1.807) is 6.92 Å². The molecule has 18 heavy (non-hydrogen) atoms. The molecule has 0 saturated heterocycles. The van der Waals surface area contributed by atoms with Crippen LogP contribution in [0.4, 0.5) is 10.1 Å². The van der Waals surface area contributed by atoms with E-state index in [4.69, 9.17) is 5.73 Å². The van der Waals surface area contributed by atoms with Gasteiger partial charge in [0, 0.05) is 19.3 Å². The fourth-order valence-electron chi connectivity index (χ4n) is 1.40. The Morgan fingerprint density at radius 1 is 1.56 bits per heavy atom. The molecule has 0 amide bonds. The highest BCUT2D eigenvalue weighted by Crippen LogP contribution is 2.27. The number of benzene rings is 1. The summed E-state index contributed by atoms with van der Waals surface area (Å²) >= 11 is 2.93. The Morgan fingerprint density at radius 2 is 2.11 bits per heavy atom. The molecule has 0 heterocycles. The van der Waals surface area contributed by atoms with Crippen molar-refractivity contribution in [2.45, 2.75) is 11.8 Å². The highest BCUT2D eigenvalue weighted by Gasteiger charge is 2.26. The van der Waals surface area contributed by atoms with E-state index in [0.29, 0.717) is 5.57 Å². The molecule has 1 aromatic carbocycles. The molecule has 0 saturated carbocycles. The molecule has 1 rings (SSSR count). The molecule has 1 aromatic rings. The summed E-state index contributed by atoms with van der Waals surface area (Å²) in [4.78, 5) is -0.446. The van der Waals surface area contributed by atoms with Gasteiger partial charge in [0.25, 0.3) is 0 Å². The van der Waals surface area contributed by atoms with E-state index in [2.05, 4.69) is 22.5 Å². The van der Waals surface area contributed by atoms with E-state index >= 15 is 0 Å². The minimum Gasteiger partial charge on any atom is -0.399 e. The average molecular weight is 337 g/mol. The Hall–Kier alpha value is -0.920. The standard InChI is InChI=1S/C11H14BrFN2O2S/c1-7(2)6-15(3)18(16,17)10-5-8(14)4-9(12)11(10)13/h4-5H,1,6,14H2,2-3H3. The van der Waals surface area contributed by atoms with Crippen LogP contribution in [0.2, 0.25) is 0 Å². The second kappa shape index (κ2) is 5.38. The largest absolute Gasteiger partial charge is 0.399 e. The van der Waals surface area contributed by atoms with Gasteiger partial charge >= 0.3 is 0 Å². The molecule has 0 aliphatic rings. The van der Waals surface area contributed by atoms with Crippen LogP contribution in [0, 0.1) is 5.82 Å². The molecule has 0 fully saturated rings. The van der Waals surface area contributed by atoms with Crippen LogP contribution in [0.1, 0.15) is 6.92 Å². The Bertz CT molecular complexity index is 587. The molecular formula is C11H14BrFN2O2S. The first-order valence-corrected chi connectivity index (χ1v) is 7.24. The minimum absolute atomic E-state index is 0.0183. The normalized spacial score (nSPS) is 11.8. The van der Waals surface area contributed by atoms with Gasteiger partial charge in [-0.15, -0.1) is 0 Å². The smallest absolute Gasteiger partial charge is 0.246 e. The van der Waals surface area contributed by atoms with Crippen LogP contribution >= 0.6 is 15.9 Å². The van der Waals surface area contributed by atoms with E-state index < -0.39 is 20.7 Å². The van der Waals surface area contributed by atoms with Crippen molar-refractivity contribution < 1.29 is 12.8 Å². The topological polar surface area (TPSA) is 63.4 Å². The van der Waals surface area contributed by atoms with Crippen molar-refractivity contribution in [3.05, 3.63) is 34.6 Å². The van der Waals surface area contributed by atoms with E-state index in [1.165, 1.54) is 13.1 Å². The first-order valence-electron chi connectivity index (χ1n) is 5.01. The van der Waals surface area contributed by atoms with Crippen LogP contribution in [0.25, 0.3) is 0 Å². The number of sulfonamides is 1. The first-order chi connectivity index (χ1) is 8.16. The lowest BCUT2D eigenvalue weighted by atomic mass is 10.3. The monoisotopic (exact) mass is 336 g/mol. The molecule has 0 aliphatic carbocycles. The second-order valence-corrected chi connectivity index (χ2v) is 6.90. The Labute approximate surface area is 114 Å². The maximum Gasteiger partial charge on any atom is 0.246 e.